The van der Waals surface area contributed by atoms with Crippen LogP contribution in [0.1, 0.15) is 11.1 Å². The molecule has 1 aliphatic heterocycles. The normalized spacial score (nSPS) is 16.3. The Kier molecular flexibility index (Phi) is 5.72. The van der Waals surface area contributed by atoms with Crippen molar-refractivity contribution < 1.29 is 9.57 Å². The van der Waals surface area contributed by atoms with Crippen LogP contribution >= 0.6 is 0 Å². The lowest BCUT2D eigenvalue weighted by Gasteiger charge is -2.25. The summed E-state index contributed by atoms with van der Waals surface area (Å²) in [6.07, 6.45) is 3.53. The molecule has 0 N–H and O–H groups in total. The maximum absolute atomic E-state index is 5.59. The van der Waals surface area contributed by atoms with E-state index in [1.165, 1.54) is 0 Å². The minimum atomic E-state index is 0.571. The zero-order valence-corrected chi connectivity index (χ0v) is 13.1. The Morgan fingerprint density at radius 1 is 1.04 bits per heavy atom. The molecule has 1 fully saturated rings. The highest BCUT2D eigenvalue weighted by atomic mass is 16.6. The van der Waals surface area contributed by atoms with Crippen LogP contribution in [0.4, 0.5) is 0 Å². The number of pyridine rings is 1. The van der Waals surface area contributed by atoms with Gasteiger partial charge in [-0.15, -0.1) is 0 Å². The fraction of sp³-hybridized carbons (Fsp3) is 0.333. The van der Waals surface area contributed by atoms with Crippen LogP contribution in [0, 0.1) is 0 Å². The van der Waals surface area contributed by atoms with Gasteiger partial charge >= 0.3 is 0 Å². The Morgan fingerprint density at radius 3 is 2.48 bits per heavy atom. The summed E-state index contributed by atoms with van der Waals surface area (Å²) in [7, 11) is 0. The molecule has 23 heavy (non-hydrogen) atoms. The summed E-state index contributed by atoms with van der Waals surface area (Å²) < 4.78 is 5.34. The summed E-state index contributed by atoms with van der Waals surface area (Å²) in [6, 6.07) is 13.9. The monoisotopic (exact) mass is 311 g/mol. The van der Waals surface area contributed by atoms with Gasteiger partial charge in [-0.2, -0.15) is 0 Å². The lowest BCUT2D eigenvalue weighted by Crippen LogP contribution is -2.38. The third kappa shape index (κ3) is 4.61. The van der Waals surface area contributed by atoms with Crippen molar-refractivity contribution in [1.82, 2.24) is 9.88 Å². The van der Waals surface area contributed by atoms with Crippen molar-refractivity contribution in [2.45, 2.75) is 0 Å². The number of nitrogens with zero attached hydrogens (tertiary/aromatic N) is 3. The molecule has 2 heterocycles. The first-order chi connectivity index (χ1) is 11.4. The van der Waals surface area contributed by atoms with Crippen molar-refractivity contribution in [1.29, 1.82) is 0 Å². The van der Waals surface area contributed by atoms with Gasteiger partial charge in [-0.25, -0.2) is 0 Å². The van der Waals surface area contributed by atoms with Crippen molar-refractivity contribution >= 4 is 5.71 Å². The SMILES string of the molecule is c1ccc(C(=NOCCN2CCOCC2)c2ccncc2)cc1. The minimum absolute atomic E-state index is 0.571. The molecule has 0 atom stereocenters. The molecule has 5 nitrogen and oxygen atoms in total. The molecule has 0 unspecified atom stereocenters. The molecule has 3 rings (SSSR count). The van der Waals surface area contributed by atoms with Gasteiger partial charge in [0.15, 0.2) is 0 Å². The highest BCUT2D eigenvalue weighted by Gasteiger charge is 2.10. The van der Waals surface area contributed by atoms with Crippen molar-refractivity contribution in [2.75, 3.05) is 39.5 Å². The van der Waals surface area contributed by atoms with Crippen LogP contribution in [-0.4, -0.2) is 55.1 Å². The molecule has 2 aromatic rings. The molecule has 0 aliphatic carbocycles. The molecule has 0 saturated carbocycles. The van der Waals surface area contributed by atoms with Crippen LogP contribution in [0.2, 0.25) is 0 Å². The molecule has 1 aliphatic rings. The number of aromatic nitrogens is 1. The van der Waals surface area contributed by atoms with Gasteiger partial charge in [-0.3, -0.25) is 9.88 Å². The van der Waals surface area contributed by atoms with E-state index in [1.807, 2.05) is 42.5 Å². The van der Waals surface area contributed by atoms with Crippen LogP contribution in [0.3, 0.4) is 0 Å². The topological polar surface area (TPSA) is 47.0 Å². The molecule has 0 spiro atoms. The molecule has 0 amide bonds. The van der Waals surface area contributed by atoms with Gasteiger partial charge in [0.2, 0.25) is 0 Å². The number of hydrogen-bond acceptors (Lipinski definition) is 5. The molecular formula is C18H21N3O2. The predicted octanol–water partition coefficient (Wildman–Crippen LogP) is 2.18. The number of oxime groups is 1. The second kappa shape index (κ2) is 8.41. The predicted molar refractivity (Wildman–Crippen MR) is 89.5 cm³/mol. The van der Waals surface area contributed by atoms with E-state index < -0.39 is 0 Å². The standard InChI is InChI=1S/C18H21N3O2/c1-2-4-16(5-3-1)18(17-6-8-19-9-7-17)20-23-15-12-21-10-13-22-14-11-21/h1-9H,10-15H2. The van der Waals surface area contributed by atoms with E-state index in [9.17, 15) is 0 Å². The van der Waals surface area contributed by atoms with Gasteiger partial charge in [0.25, 0.3) is 0 Å². The van der Waals surface area contributed by atoms with E-state index in [0.717, 1.165) is 49.7 Å². The number of hydrogen-bond donors (Lipinski definition) is 0. The number of morpholine rings is 1. The number of benzene rings is 1. The average Bonchev–Trinajstić information content (AvgIpc) is 2.64. The highest BCUT2D eigenvalue weighted by Crippen LogP contribution is 2.10. The summed E-state index contributed by atoms with van der Waals surface area (Å²) in [6.45, 7) is 4.96. The molecule has 1 saturated heterocycles. The third-order valence-electron chi connectivity index (χ3n) is 3.76. The number of rotatable bonds is 6. The van der Waals surface area contributed by atoms with Crippen LogP contribution < -0.4 is 0 Å². The molecule has 0 bridgehead atoms. The summed E-state index contributed by atoms with van der Waals surface area (Å²) in [4.78, 5) is 12.0. The Morgan fingerprint density at radius 2 is 1.74 bits per heavy atom. The molecular weight excluding hydrogens is 290 g/mol. The van der Waals surface area contributed by atoms with Crippen LogP contribution in [0.25, 0.3) is 0 Å². The van der Waals surface area contributed by atoms with Crippen molar-refractivity contribution in [2.24, 2.45) is 5.16 Å². The van der Waals surface area contributed by atoms with Crippen molar-refractivity contribution in [3.05, 3.63) is 66.0 Å². The third-order valence-corrected chi connectivity index (χ3v) is 3.76. The summed E-state index contributed by atoms with van der Waals surface area (Å²) >= 11 is 0. The second-order valence-electron chi connectivity index (χ2n) is 5.33. The zero-order valence-electron chi connectivity index (χ0n) is 13.1. The van der Waals surface area contributed by atoms with E-state index >= 15 is 0 Å². The maximum atomic E-state index is 5.59. The van der Waals surface area contributed by atoms with E-state index in [4.69, 9.17) is 9.57 Å². The lowest BCUT2D eigenvalue weighted by atomic mass is 10.0. The first-order valence-corrected chi connectivity index (χ1v) is 7.89. The Bertz CT molecular complexity index is 569. The fourth-order valence-electron chi connectivity index (χ4n) is 2.48. The molecule has 5 heteroatoms. The summed E-state index contributed by atoms with van der Waals surface area (Å²) in [5.41, 5.74) is 2.86. The first kappa shape index (κ1) is 15.6. The smallest absolute Gasteiger partial charge is 0.129 e. The van der Waals surface area contributed by atoms with Gasteiger partial charge in [-0.1, -0.05) is 35.5 Å². The van der Waals surface area contributed by atoms with Gasteiger partial charge in [-0.05, 0) is 12.1 Å². The quantitative estimate of drug-likeness (QED) is 0.466. The molecule has 0 radical (unpaired) electrons. The van der Waals surface area contributed by atoms with Crippen LogP contribution in [0.5, 0.6) is 0 Å². The first-order valence-electron chi connectivity index (χ1n) is 7.89. The van der Waals surface area contributed by atoms with Crippen LogP contribution in [-0.2, 0) is 9.57 Å². The molecule has 1 aromatic heterocycles. The largest absolute Gasteiger partial charge is 0.394 e. The minimum Gasteiger partial charge on any atom is -0.394 e. The summed E-state index contributed by atoms with van der Waals surface area (Å²) in [5.74, 6) is 0. The zero-order chi connectivity index (χ0) is 15.7. The van der Waals surface area contributed by atoms with Crippen LogP contribution in [0.15, 0.2) is 60.0 Å². The summed E-state index contributed by atoms with van der Waals surface area (Å²) in [5, 5.41) is 4.38. The van der Waals surface area contributed by atoms with Gasteiger partial charge in [0.05, 0.1) is 13.2 Å². The van der Waals surface area contributed by atoms with E-state index in [0.29, 0.717) is 6.61 Å². The van der Waals surface area contributed by atoms with E-state index in [2.05, 4.69) is 15.0 Å². The fourth-order valence-corrected chi connectivity index (χ4v) is 2.48. The Labute approximate surface area is 136 Å². The van der Waals surface area contributed by atoms with Crippen molar-refractivity contribution in [3.8, 4) is 0 Å². The Hall–Kier alpha value is -2.24. The van der Waals surface area contributed by atoms with Crippen molar-refractivity contribution in [3.63, 3.8) is 0 Å². The Balaban J connectivity index is 1.66. The van der Waals surface area contributed by atoms with Gasteiger partial charge in [0, 0.05) is 43.2 Å². The lowest BCUT2D eigenvalue weighted by molar-refractivity contribution is 0.0212. The van der Waals surface area contributed by atoms with Gasteiger partial charge in [0.1, 0.15) is 12.3 Å². The van der Waals surface area contributed by atoms with E-state index in [-0.39, 0.29) is 0 Å². The molecule has 120 valence electrons. The molecule has 1 aromatic carbocycles. The maximum Gasteiger partial charge on any atom is 0.129 e. The highest BCUT2D eigenvalue weighted by molar-refractivity contribution is 6.12. The van der Waals surface area contributed by atoms with E-state index in [1.54, 1.807) is 12.4 Å². The second-order valence-corrected chi connectivity index (χ2v) is 5.33. The number of ether oxygens (including phenoxy) is 1. The van der Waals surface area contributed by atoms with Gasteiger partial charge < -0.3 is 9.57 Å². The average molecular weight is 311 g/mol.